The van der Waals surface area contributed by atoms with E-state index < -0.39 is 0 Å². The van der Waals surface area contributed by atoms with Gasteiger partial charge in [-0.25, -0.2) is 0 Å². The molecule has 0 heterocycles. The number of hydrogen-bond donors (Lipinski definition) is 0. The number of halogens is 1. The van der Waals surface area contributed by atoms with Crippen molar-refractivity contribution < 1.29 is 4.74 Å². The Bertz CT molecular complexity index is 298. The third-order valence-corrected chi connectivity index (χ3v) is 3.03. The molecule has 0 aliphatic heterocycles. The maximum absolute atomic E-state index is 5.81. The first-order chi connectivity index (χ1) is 6.92. The molecule has 2 rings (SSSR count). The van der Waals surface area contributed by atoms with E-state index in [9.17, 15) is 0 Å². The lowest BCUT2D eigenvalue weighted by atomic mass is 9.89. The number of alkyl halides is 1. The molecule has 1 aromatic rings. The maximum atomic E-state index is 5.81. The second kappa shape index (κ2) is 4.94. The molecule has 0 saturated heterocycles. The number of ether oxygens (including phenoxy) is 1. The zero-order valence-corrected chi connectivity index (χ0v) is 9.79. The van der Waals surface area contributed by atoms with Crippen molar-refractivity contribution in [2.45, 2.75) is 25.4 Å². The summed E-state index contributed by atoms with van der Waals surface area (Å²) >= 11 is 3.39. The van der Waals surface area contributed by atoms with Crippen molar-refractivity contribution in [1.29, 1.82) is 0 Å². The van der Waals surface area contributed by atoms with Gasteiger partial charge in [0.1, 0.15) is 0 Å². The molecule has 0 amide bonds. The van der Waals surface area contributed by atoms with Crippen LogP contribution in [0.3, 0.4) is 0 Å². The summed E-state index contributed by atoms with van der Waals surface area (Å²) in [4.78, 5) is 0. The normalized spacial score (nSPS) is 20.5. The molecule has 1 aliphatic rings. The lowest BCUT2D eigenvalue weighted by molar-refractivity contribution is 0.0523. The highest BCUT2D eigenvalue weighted by molar-refractivity contribution is 9.09. The van der Waals surface area contributed by atoms with Crippen molar-refractivity contribution in [1.82, 2.24) is 0 Å². The predicted molar refractivity (Wildman–Crippen MR) is 61.9 cm³/mol. The molecular formula is C12H15BrO. The summed E-state index contributed by atoms with van der Waals surface area (Å²) < 4.78 is 5.81. The van der Waals surface area contributed by atoms with Crippen LogP contribution in [0.1, 0.15) is 30.1 Å². The molecule has 0 radical (unpaired) electrons. The Kier molecular flexibility index (Phi) is 3.60. The van der Waals surface area contributed by atoms with Crippen molar-refractivity contribution in [2.75, 3.05) is 11.9 Å². The second-order valence-corrected chi connectivity index (χ2v) is 4.43. The highest BCUT2D eigenvalue weighted by Gasteiger charge is 2.19. The number of hydrogen-bond acceptors (Lipinski definition) is 1. The monoisotopic (exact) mass is 254 g/mol. The van der Waals surface area contributed by atoms with Crippen LogP contribution in [0.15, 0.2) is 24.3 Å². The average Bonchev–Trinajstić information content (AvgIpc) is 2.26. The standard InChI is InChI=1S/C12H15BrO/c13-8-9-14-12-7-3-5-10-4-1-2-6-11(10)12/h1-2,4,6,12H,3,5,7-9H2. The van der Waals surface area contributed by atoms with E-state index in [-0.39, 0.29) is 0 Å². The van der Waals surface area contributed by atoms with Gasteiger partial charge in [0, 0.05) is 5.33 Å². The van der Waals surface area contributed by atoms with Crippen LogP contribution in [0.2, 0.25) is 0 Å². The van der Waals surface area contributed by atoms with Gasteiger partial charge in [-0.05, 0) is 30.4 Å². The van der Waals surface area contributed by atoms with Gasteiger partial charge < -0.3 is 4.74 Å². The first kappa shape index (κ1) is 10.2. The highest BCUT2D eigenvalue weighted by atomic mass is 79.9. The summed E-state index contributed by atoms with van der Waals surface area (Å²) in [5.74, 6) is 0. The van der Waals surface area contributed by atoms with Crippen LogP contribution in [0.5, 0.6) is 0 Å². The van der Waals surface area contributed by atoms with E-state index in [1.807, 2.05) is 0 Å². The van der Waals surface area contributed by atoms with Gasteiger partial charge in [0.2, 0.25) is 0 Å². The summed E-state index contributed by atoms with van der Waals surface area (Å²) in [5.41, 5.74) is 2.87. The summed E-state index contributed by atoms with van der Waals surface area (Å²) in [6, 6.07) is 8.65. The molecule has 2 heteroatoms. The van der Waals surface area contributed by atoms with E-state index in [1.165, 1.54) is 30.4 Å². The third-order valence-electron chi connectivity index (χ3n) is 2.71. The van der Waals surface area contributed by atoms with Crippen molar-refractivity contribution in [3.8, 4) is 0 Å². The number of aryl methyl sites for hydroxylation is 1. The molecular weight excluding hydrogens is 240 g/mol. The van der Waals surface area contributed by atoms with Crippen LogP contribution in [-0.4, -0.2) is 11.9 Å². The van der Waals surface area contributed by atoms with Crippen molar-refractivity contribution in [3.05, 3.63) is 35.4 Å². The summed E-state index contributed by atoms with van der Waals surface area (Å²) in [6.45, 7) is 0.805. The zero-order valence-electron chi connectivity index (χ0n) is 8.21. The fourth-order valence-electron chi connectivity index (χ4n) is 2.07. The van der Waals surface area contributed by atoms with Crippen LogP contribution in [0.4, 0.5) is 0 Å². The number of benzene rings is 1. The third kappa shape index (κ3) is 2.18. The van der Waals surface area contributed by atoms with E-state index >= 15 is 0 Å². The minimum absolute atomic E-state index is 0.331. The Morgan fingerprint density at radius 3 is 3.07 bits per heavy atom. The summed E-state index contributed by atoms with van der Waals surface area (Å²) in [7, 11) is 0. The molecule has 14 heavy (non-hydrogen) atoms. The summed E-state index contributed by atoms with van der Waals surface area (Å²) in [6.07, 6.45) is 3.97. The van der Waals surface area contributed by atoms with Gasteiger partial charge in [0.05, 0.1) is 12.7 Å². The van der Waals surface area contributed by atoms with Gasteiger partial charge in [-0.3, -0.25) is 0 Å². The van der Waals surface area contributed by atoms with Crippen LogP contribution < -0.4 is 0 Å². The Hall–Kier alpha value is -0.340. The van der Waals surface area contributed by atoms with Gasteiger partial charge >= 0.3 is 0 Å². The first-order valence-electron chi connectivity index (χ1n) is 5.17. The Morgan fingerprint density at radius 2 is 2.21 bits per heavy atom. The molecule has 0 N–H and O–H groups in total. The number of fused-ring (bicyclic) bond motifs is 1. The molecule has 1 nitrogen and oxygen atoms in total. The van der Waals surface area contributed by atoms with Gasteiger partial charge in [-0.15, -0.1) is 0 Å². The van der Waals surface area contributed by atoms with E-state index in [0.29, 0.717) is 6.10 Å². The highest BCUT2D eigenvalue weighted by Crippen LogP contribution is 2.32. The number of rotatable bonds is 3. The lowest BCUT2D eigenvalue weighted by Crippen LogP contribution is -2.13. The molecule has 0 fully saturated rings. The maximum Gasteiger partial charge on any atom is 0.0828 e. The van der Waals surface area contributed by atoms with E-state index in [1.54, 1.807) is 0 Å². The molecule has 0 aromatic heterocycles. The minimum Gasteiger partial charge on any atom is -0.373 e. The largest absolute Gasteiger partial charge is 0.373 e. The van der Waals surface area contributed by atoms with Crippen molar-refractivity contribution >= 4 is 15.9 Å². The molecule has 1 unspecified atom stereocenters. The fraction of sp³-hybridized carbons (Fsp3) is 0.500. The van der Waals surface area contributed by atoms with Gasteiger partial charge in [-0.1, -0.05) is 40.2 Å². The molecule has 1 aromatic carbocycles. The summed E-state index contributed by atoms with van der Waals surface area (Å²) in [5, 5.41) is 0.922. The van der Waals surface area contributed by atoms with E-state index in [2.05, 4.69) is 40.2 Å². The molecule has 1 atom stereocenters. The Morgan fingerprint density at radius 1 is 1.36 bits per heavy atom. The van der Waals surface area contributed by atoms with Gasteiger partial charge in [0.15, 0.2) is 0 Å². The van der Waals surface area contributed by atoms with Crippen molar-refractivity contribution in [3.63, 3.8) is 0 Å². The Labute approximate surface area is 93.6 Å². The Balaban J connectivity index is 2.14. The fourth-order valence-corrected chi connectivity index (χ4v) is 2.26. The first-order valence-corrected chi connectivity index (χ1v) is 6.29. The van der Waals surface area contributed by atoms with Gasteiger partial charge in [-0.2, -0.15) is 0 Å². The average molecular weight is 255 g/mol. The molecule has 1 aliphatic carbocycles. The minimum atomic E-state index is 0.331. The van der Waals surface area contributed by atoms with Gasteiger partial charge in [0.25, 0.3) is 0 Å². The lowest BCUT2D eigenvalue weighted by Gasteiger charge is -2.25. The zero-order chi connectivity index (χ0) is 9.80. The van der Waals surface area contributed by atoms with Crippen molar-refractivity contribution in [2.24, 2.45) is 0 Å². The van der Waals surface area contributed by atoms with Crippen LogP contribution in [0, 0.1) is 0 Å². The molecule has 0 saturated carbocycles. The quantitative estimate of drug-likeness (QED) is 0.751. The predicted octanol–water partition coefficient (Wildman–Crippen LogP) is 3.48. The van der Waals surface area contributed by atoms with Crippen LogP contribution >= 0.6 is 15.9 Å². The smallest absolute Gasteiger partial charge is 0.0828 e. The second-order valence-electron chi connectivity index (χ2n) is 3.64. The SMILES string of the molecule is BrCCOC1CCCc2ccccc21. The van der Waals surface area contributed by atoms with E-state index in [0.717, 1.165) is 11.9 Å². The van der Waals surface area contributed by atoms with E-state index in [4.69, 9.17) is 4.74 Å². The molecule has 0 spiro atoms. The molecule has 0 bridgehead atoms. The molecule has 76 valence electrons. The van der Waals surface area contributed by atoms with Crippen LogP contribution in [-0.2, 0) is 11.2 Å². The van der Waals surface area contributed by atoms with Crippen LogP contribution in [0.25, 0.3) is 0 Å². The topological polar surface area (TPSA) is 9.23 Å².